The summed E-state index contributed by atoms with van der Waals surface area (Å²) >= 11 is 0. The molecule has 1 amide bonds. The Morgan fingerprint density at radius 3 is 2.24 bits per heavy atom. The molecule has 0 saturated heterocycles. The fraction of sp³-hybridized carbons (Fsp3) is 0.174. The van der Waals surface area contributed by atoms with Gasteiger partial charge >= 0.3 is 0 Å². The number of benzene rings is 3. The molecule has 0 radical (unpaired) electrons. The summed E-state index contributed by atoms with van der Waals surface area (Å²) < 4.78 is 27.3. The molecule has 3 aromatic rings. The third-order valence-electron chi connectivity index (χ3n) is 5.01. The molecule has 0 unspecified atom stereocenters. The van der Waals surface area contributed by atoms with Crippen LogP contribution in [0.25, 0.3) is 0 Å². The van der Waals surface area contributed by atoms with Crippen molar-refractivity contribution < 1.29 is 13.2 Å². The van der Waals surface area contributed by atoms with Crippen LogP contribution < -0.4 is 9.62 Å². The van der Waals surface area contributed by atoms with Crippen LogP contribution in [-0.2, 0) is 10.0 Å². The number of hydrogen-bond acceptors (Lipinski definition) is 3. The van der Waals surface area contributed by atoms with Crippen LogP contribution in [0.1, 0.15) is 27.0 Å². The minimum Gasteiger partial charge on any atom is -0.322 e. The van der Waals surface area contributed by atoms with Crippen molar-refractivity contribution >= 4 is 27.3 Å². The molecule has 0 heterocycles. The molecular formula is C23H24N2O3S. The Labute approximate surface area is 172 Å². The first-order valence-electron chi connectivity index (χ1n) is 9.23. The topological polar surface area (TPSA) is 66.5 Å². The Morgan fingerprint density at radius 2 is 1.55 bits per heavy atom. The second-order valence-electron chi connectivity index (χ2n) is 7.04. The quantitative estimate of drug-likeness (QED) is 0.666. The van der Waals surface area contributed by atoms with E-state index in [9.17, 15) is 13.2 Å². The Bertz CT molecular complexity index is 1150. The molecular weight excluding hydrogens is 384 g/mol. The molecule has 0 aliphatic heterocycles. The van der Waals surface area contributed by atoms with Crippen LogP contribution in [0.15, 0.2) is 71.6 Å². The number of hydrogen-bond donors (Lipinski definition) is 1. The Kier molecular flexibility index (Phi) is 5.75. The van der Waals surface area contributed by atoms with Crippen molar-refractivity contribution in [2.75, 3.05) is 16.7 Å². The first-order valence-corrected chi connectivity index (χ1v) is 10.7. The Balaban J connectivity index is 1.89. The predicted octanol–water partition coefficient (Wildman–Crippen LogP) is 4.69. The number of nitrogens with zero attached hydrogens (tertiary/aromatic N) is 1. The molecule has 29 heavy (non-hydrogen) atoms. The van der Waals surface area contributed by atoms with Gasteiger partial charge in [0.2, 0.25) is 0 Å². The highest BCUT2D eigenvalue weighted by molar-refractivity contribution is 7.92. The molecule has 0 aromatic heterocycles. The Morgan fingerprint density at radius 1 is 0.897 bits per heavy atom. The second-order valence-corrected chi connectivity index (χ2v) is 9.01. The number of carbonyl (C=O) groups excluding carboxylic acids is 1. The highest BCUT2D eigenvalue weighted by Gasteiger charge is 2.22. The number of rotatable bonds is 5. The van der Waals surface area contributed by atoms with Crippen molar-refractivity contribution in [2.45, 2.75) is 25.7 Å². The molecule has 3 rings (SSSR count). The molecule has 0 saturated carbocycles. The summed E-state index contributed by atoms with van der Waals surface area (Å²) in [7, 11) is -2.29. The highest BCUT2D eigenvalue weighted by atomic mass is 32.2. The van der Waals surface area contributed by atoms with Gasteiger partial charge in [0.1, 0.15) is 0 Å². The number of aryl methyl sites for hydroxylation is 2. The van der Waals surface area contributed by atoms with Crippen LogP contribution in [0.4, 0.5) is 11.4 Å². The van der Waals surface area contributed by atoms with E-state index in [-0.39, 0.29) is 16.4 Å². The minimum atomic E-state index is -3.80. The summed E-state index contributed by atoms with van der Waals surface area (Å²) in [6, 6.07) is 19.0. The van der Waals surface area contributed by atoms with Gasteiger partial charge in [0.15, 0.2) is 0 Å². The molecule has 0 spiro atoms. The molecule has 3 aromatic carbocycles. The zero-order chi connectivity index (χ0) is 21.2. The molecule has 0 atom stereocenters. The standard InChI is InChI=1S/C23H24N2O3S/c1-16-11-13-20(14-12-16)25(4)29(27,28)21-9-6-8-19(15-21)23(26)24-22-10-5-7-17(2)18(22)3/h5-15H,1-4H3,(H,24,26). The smallest absolute Gasteiger partial charge is 0.264 e. The molecule has 0 fully saturated rings. The second kappa shape index (κ2) is 8.09. The van der Waals surface area contributed by atoms with E-state index in [0.717, 1.165) is 16.7 Å². The normalized spacial score (nSPS) is 11.2. The average molecular weight is 409 g/mol. The predicted molar refractivity (Wildman–Crippen MR) is 117 cm³/mol. The van der Waals surface area contributed by atoms with E-state index in [1.165, 1.54) is 23.5 Å². The lowest BCUT2D eigenvalue weighted by Gasteiger charge is -2.20. The Hall–Kier alpha value is -3.12. The van der Waals surface area contributed by atoms with Crippen LogP contribution in [-0.4, -0.2) is 21.4 Å². The number of carbonyl (C=O) groups is 1. The van der Waals surface area contributed by atoms with Gasteiger partial charge in [-0.05, 0) is 68.3 Å². The summed E-state index contributed by atoms with van der Waals surface area (Å²) in [5.41, 5.74) is 4.64. The van der Waals surface area contributed by atoms with Gasteiger partial charge in [0, 0.05) is 18.3 Å². The largest absolute Gasteiger partial charge is 0.322 e. The summed E-state index contributed by atoms with van der Waals surface area (Å²) in [5.74, 6) is -0.353. The summed E-state index contributed by atoms with van der Waals surface area (Å²) in [6.07, 6.45) is 0. The van der Waals surface area contributed by atoms with E-state index in [0.29, 0.717) is 11.4 Å². The van der Waals surface area contributed by atoms with Crippen molar-refractivity contribution in [3.63, 3.8) is 0 Å². The number of sulfonamides is 1. The molecule has 5 nitrogen and oxygen atoms in total. The molecule has 150 valence electrons. The van der Waals surface area contributed by atoms with Gasteiger partial charge < -0.3 is 5.32 Å². The minimum absolute atomic E-state index is 0.0641. The van der Waals surface area contributed by atoms with Crippen molar-refractivity contribution in [1.29, 1.82) is 0 Å². The van der Waals surface area contributed by atoms with Crippen molar-refractivity contribution in [3.05, 3.63) is 89.0 Å². The van der Waals surface area contributed by atoms with Gasteiger partial charge in [0.25, 0.3) is 15.9 Å². The monoisotopic (exact) mass is 408 g/mol. The van der Waals surface area contributed by atoms with Gasteiger partial charge in [-0.15, -0.1) is 0 Å². The maximum absolute atomic E-state index is 13.0. The van der Waals surface area contributed by atoms with E-state index >= 15 is 0 Å². The van der Waals surface area contributed by atoms with Gasteiger partial charge in [-0.25, -0.2) is 8.42 Å². The number of amides is 1. The van der Waals surface area contributed by atoms with Crippen LogP contribution >= 0.6 is 0 Å². The van der Waals surface area contributed by atoms with Crippen LogP contribution in [0.3, 0.4) is 0 Å². The van der Waals surface area contributed by atoms with Crippen molar-refractivity contribution in [3.8, 4) is 0 Å². The van der Waals surface area contributed by atoms with E-state index in [1.54, 1.807) is 24.3 Å². The molecule has 1 N–H and O–H groups in total. The molecule has 0 bridgehead atoms. The van der Waals surface area contributed by atoms with Crippen molar-refractivity contribution in [1.82, 2.24) is 0 Å². The summed E-state index contributed by atoms with van der Waals surface area (Å²) in [4.78, 5) is 12.8. The summed E-state index contributed by atoms with van der Waals surface area (Å²) in [6.45, 7) is 5.85. The fourth-order valence-corrected chi connectivity index (χ4v) is 4.17. The SMILES string of the molecule is Cc1ccc(N(C)S(=O)(=O)c2cccc(C(=O)Nc3cccc(C)c3C)c2)cc1. The van der Waals surface area contributed by atoms with Gasteiger partial charge in [0.05, 0.1) is 10.6 Å². The molecule has 0 aliphatic rings. The van der Waals surface area contributed by atoms with E-state index in [4.69, 9.17) is 0 Å². The van der Waals surface area contributed by atoms with Gasteiger partial charge in [-0.1, -0.05) is 35.9 Å². The summed E-state index contributed by atoms with van der Waals surface area (Å²) in [5, 5.41) is 2.87. The maximum Gasteiger partial charge on any atom is 0.264 e. The first kappa shape index (κ1) is 20.6. The van der Waals surface area contributed by atoms with Crippen LogP contribution in [0.2, 0.25) is 0 Å². The van der Waals surface area contributed by atoms with E-state index < -0.39 is 10.0 Å². The maximum atomic E-state index is 13.0. The van der Waals surface area contributed by atoms with Crippen molar-refractivity contribution in [2.24, 2.45) is 0 Å². The number of nitrogens with one attached hydrogen (secondary N) is 1. The average Bonchev–Trinajstić information content (AvgIpc) is 2.71. The first-order chi connectivity index (χ1) is 13.7. The lowest BCUT2D eigenvalue weighted by molar-refractivity contribution is 0.102. The van der Waals surface area contributed by atoms with E-state index in [2.05, 4.69) is 5.32 Å². The lowest BCUT2D eigenvalue weighted by Crippen LogP contribution is -2.26. The molecule has 0 aliphatic carbocycles. The fourth-order valence-electron chi connectivity index (χ4n) is 2.93. The number of anilines is 2. The third-order valence-corrected chi connectivity index (χ3v) is 6.79. The zero-order valence-electron chi connectivity index (χ0n) is 16.9. The van der Waals surface area contributed by atoms with Crippen LogP contribution in [0.5, 0.6) is 0 Å². The molecule has 6 heteroatoms. The van der Waals surface area contributed by atoms with E-state index in [1.807, 2.05) is 51.1 Å². The highest BCUT2D eigenvalue weighted by Crippen LogP contribution is 2.24. The van der Waals surface area contributed by atoms with Gasteiger partial charge in [-0.3, -0.25) is 9.10 Å². The lowest BCUT2D eigenvalue weighted by atomic mass is 10.1. The van der Waals surface area contributed by atoms with Crippen LogP contribution in [0, 0.1) is 20.8 Å². The van der Waals surface area contributed by atoms with Gasteiger partial charge in [-0.2, -0.15) is 0 Å². The third kappa shape index (κ3) is 4.32. The zero-order valence-corrected chi connectivity index (χ0v) is 17.7.